The van der Waals surface area contributed by atoms with Gasteiger partial charge in [-0.2, -0.15) is 0 Å². The monoisotopic (exact) mass is 717 g/mol. The molecule has 11 rings (SSSR count). The lowest BCUT2D eigenvalue weighted by Crippen LogP contribution is -1.97. The normalized spacial score (nSPS) is 11.6. The summed E-state index contributed by atoms with van der Waals surface area (Å²) in [4.78, 5) is 15.1. The van der Waals surface area contributed by atoms with E-state index in [1.807, 2.05) is 79.0 Å². The van der Waals surface area contributed by atoms with Crippen molar-refractivity contribution < 1.29 is 8.83 Å². The summed E-state index contributed by atoms with van der Waals surface area (Å²) in [5, 5.41) is 4.32. The Morgan fingerprint density at radius 2 is 0.804 bits per heavy atom. The van der Waals surface area contributed by atoms with Crippen LogP contribution in [0.4, 0.5) is 0 Å². The van der Waals surface area contributed by atoms with Gasteiger partial charge in [0.15, 0.2) is 5.82 Å². The van der Waals surface area contributed by atoms with Crippen molar-refractivity contribution in [3.63, 3.8) is 0 Å². The van der Waals surface area contributed by atoms with E-state index in [2.05, 4.69) is 114 Å². The molecule has 0 aliphatic carbocycles. The first-order chi connectivity index (χ1) is 27.7. The molecule has 0 spiro atoms. The maximum absolute atomic E-state index is 6.37. The van der Waals surface area contributed by atoms with Crippen LogP contribution in [0.1, 0.15) is 0 Å². The number of pyridine rings is 1. The minimum atomic E-state index is 0.652. The molecule has 4 aromatic heterocycles. The Kier molecular flexibility index (Phi) is 7.42. The molecule has 56 heavy (non-hydrogen) atoms. The molecule has 0 amide bonds. The van der Waals surface area contributed by atoms with Gasteiger partial charge in [0.1, 0.15) is 22.3 Å². The predicted octanol–water partition coefficient (Wildman–Crippen LogP) is 13.7. The fourth-order valence-electron chi connectivity index (χ4n) is 7.95. The molecule has 0 fully saturated rings. The number of benzene rings is 7. The molecule has 0 radical (unpaired) electrons. The third kappa shape index (κ3) is 5.45. The highest BCUT2D eigenvalue weighted by molar-refractivity contribution is 6.15. The van der Waals surface area contributed by atoms with Crippen molar-refractivity contribution in [3.05, 3.63) is 188 Å². The third-order valence-corrected chi connectivity index (χ3v) is 10.5. The van der Waals surface area contributed by atoms with Crippen LogP contribution in [-0.2, 0) is 0 Å². The zero-order chi connectivity index (χ0) is 37.0. The minimum absolute atomic E-state index is 0.652. The summed E-state index contributed by atoms with van der Waals surface area (Å²) in [5.41, 5.74) is 14.2. The highest BCUT2D eigenvalue weighted by Gasteiger charge is 2.19. The lowest BCUT2D eigenvalue weighted by atomic mass is 9.91. The van der Waals surface area contributed by atoms with E-state index >= 15 is 0 Å². The molecule has 0 aliphatic rings. The number of aromatic nitrogens is 3. The minimum Gasteiger partial charge on any atom is -0.456 e. The average Bonchev–Trinajstić information content (AvgIpc) is 3.86. The van der Waals surface area contributed by atoms with Crippen LogP contribution >= 0.6 is 0 Å². The summed E-state index contributed by atoms with van der Waals surface area (Å²) >= 11 is 0. The number of para-hydroxylation sites is 2. The van der Waals surface area contributed by atoms with Gasteiger partial charge in [0.25, 0.3) is 0 Å². The molecule has 5 heteroatoms. The average molecular weight is 718 g/mol. The quantitative estimate of drug-likeness (QED) is 0.171. The number of hydrogen-bond acceptors (Lipinski definition) is 5. The molecule has 0 N–H and O–H groups in total. The summed E-state index contributed by atoms with van der Waals surface area (Å²) in [5.74, 6) is 0.652. The second kappa shape index (κ2) is 13.0. The number of fused-ring (bicyclic) bond motifs is 6. The van der Waals surface area contributed by atoms with Crippen LogP contribution in [0.2, 0.25) is 0 Å². The van der Waals surface area contributed by atoms with Crippen LogP contribution in [0.15, 0.2) is 197 Å². The molecule has 0 atom stereocenters. The van der Waals surface area contributed by atoms with Gasteiger partial charge < -0.3 is 8.83 Å². The smallest absolute Gasteiger partial charge is 0.160 e. The highest BCUT2D eigenvalue weighted by Crippen LogP contribution is 2.43. The van der Waals surface area contributed by atoms with Crippen molar-refractivity contribution in [2.75, 3.05) is 0 Å². The molecule has 5 nitrogen and oxygen atoms in total. The summed E-state index contributed by atoms with van der Waals surface area (Å²) in [6.45, 7) is 0. The van der Waals surface area contributed by atoms with Crippen molar-refractivity contribution in [2.45, 2.75) is 0 Å². The molecular weight excluding hydrogens is 687 g/mol. The van der Waals surface area contributed by atoms with E-state index in [0.717, 1.165) is 105 Å². The zero-order valence-corrected chi connectivity index (χ0v) is 30.1. The molecule has 11 aromatic rings. The maximum Gasteiger partial charge on any atom is 0.160 e. The first-order valence-corrected chi connectivity index (χ1v) is 18.7. The van der Waals surface area contributed by atoms with E-state index in [1.54, 1.807) is 0 Å². The van der Waals surface area contributed by atoms with Gasteiger partial charge in [-0.05, 0) is 89.0 Å². The van der Waals surface area contributed by atoms with Gasteiger partial charge in [0, 0.05) is 50.0 Å². The number of furan rings is 2. The second-order valence-electron chi connectivity index (χ2n) is 14.0. The molecular formula is C51H31N3O2. The molecule has 4 heterocycles. The van der Waals surface area contributed by atoms with Gasteiger partial charge in [-0.1, -0.05) is 115 Å². The van der Waals surface area contributed by atoms with Crippen molar-refractivity contribution in [3.8, 4) is 67.4 Å². The van der Waals surface area contributed by atoms with Crippen LogP contribution < -0.4 is 0 Å². The van der Waals surface area contributed by atoms with E-state index in [-0.39, 0.29) is 0 Å². The van der Waals surface area contributed by atoms with Crippen LogP contribution in [-0.4, -0.2) is 15.0 Å². The third-order valence-electron chi connectivity index (χ3n) is 10.5. The van der Waals surface area contributed by atoms with Gasteiger partial charge in [0.2, 0.25) is 0 Å². The van der Waals surface area contributed by atoms with Gasteiger partial charge in [0.05, 0.1) is 17.1 Å². The van der Waals surface area contributed by atoms with Crippen molar-refractivity contribution >= 4 is 43.9 Å². The molecule has 0 saturated heterocycles. The number of hydrogen-bond donors (Lipinski definition) is 0. The fraction of sp³-hybridized carbons (Fsp3) is 0. The molecule has 0 bridgehead atoms. The van der Waals surface area contributed by atoms with E-state index in [4.69, 9.17) is 18.8 Å². The lowest BCUT2D eigenvalue weighted by molar-refractivity contribution is 0.668. The van der Waals surface area contributed by atoms with E-state index < -0.39 is 0 Å². The van der Waals surface area contributed by atoms with E-state index in [1.165, 1.54) is 0 Å². The van der Waals surface area contributed by atoms with Gasteiger partial charge in [-0.3, -0.25) is 4.98 Å². The summed E-state index contributed by atoms with van der Waals surface area (Å²) in [6, 6.07) is 62.5. The van der Waals surface area contributed by atoms with Gasteiger partial charge in [-0.25, -0.2) is 9.97 Å². The molecule has 0 saturated carbocycles. The number of rotatable bonds is 6. The second-order valence-corrected chi connectivity index (χ2v) is 14.0. The molecule has 0 unspecified atom stereocenters. The summed E-state index contributed by atoms with van der Waals surface area (Å²) in [6.07, 6.45) is 1.82. The Morgan fingerprint density at radius 1 is 0.321 bits per heavy atom. The first kappa shape index (κ1) is 31.9. The summed E-state index contributed by atoms with van der Waals surface area (Å²) < 4.78 is 12.7. The van der Waals surface area contributed by atoms with Gasteiger partial charge in [-0.15, -0.1) is 0 Å². The zero-order valence-electron chi connectivity index (χ0n) is 30.1. The largest absolute Gasteiger partial charge is 0.456 e. The van der Waals surface area contributed by atoms with Crippen molar-refractivity contribution in [1.82, 2.24) is 15.0 Å². The van der Waals surface area contributed by atoms with Crippen LogP contribution in [0.3, 0.4) is 0 Å². The van der Waals surface area contributed by atoms with E-state index in [9.17, 15) is 0 Å². The fourth-order valence-corrected chi connectivity index (χ4v) is 7.95. The Balaban J connectivity index is 1.18. The Morgan fingerprint density at radius 3 is 1.43 bits per heavy atom. The molecule has 0 aliphatic heterocycles. The topological polar surface area (TPSA) is 65.0 Å². The highest BCUT2D eigenvalue weighted by atomic mass is 16.3. The van der Waals surface area contributed by atoms with Crippen LogP contribution in [0.5, 0.6) is 0 Å². The Labute approximate surface area is 322 Å². The Bertz CT molecular complexity index is 3120. The summed E-state index contributed by atoms with van der Waals surface area (Å²) in [7, 11) is 0. The van der Waals surface area contributed by atoms with Gasteiger partial charge >= 0.3 is 0 Å². The lowest BCUT2D eigenvalue weighted by Gasteiger charge is -2.14. The van der Waals surface area contributed by atoms with Crippen molar-refractivity contribution in [1.29, 1.82) is 0 Å². The maximum atomic E-state index is 6.37. The Hall–Kier alpha value is -7.63. The van der Waals surface area contributed by atoms with Crippen LogP contribution in [0.25, 0.3) is 111 Å². The molecule has 262 valence electrons. The first-order valence-electron chi connectivity index (χ1n) is 18.7. The van der Waals surface area contributed by atoms with Crippen molar-refractivity contribution in [2.24, 2.45) is 0 Å². The van der Waals surface area contributed by atoms with Crippen LogP contribution in [0, 0.1) is 0 Å². The standard InChI is InChI=1S/C51H31N3O2/c1-2-13-32(14-3-1)51-53-43(34-16-10-15-33(27-34)42-21-8-9-26-52-42)31-44(54-51)37-29-35(38-19-11-24-47-49(38)40-17-4-6-22-45(40)55-47)28-36(30-37)39-20-12-25-48-50(39)41-18-5-7-23-46(41)56-48/h1-31H. The predicted molar refractivity (Wildman–Crippen MR) is 227 cm³/mol. The SMILES string of the molecule is c1ccc(-c2nc(-c3cccc(-c4ccccn4)c3)cc(-c3cc(-c4cccc5oc6ccccc6c45)cc(-c4cccc5oc6ccccc6c45)c3)n2)cc1. The number of nitrogens with zero attached hydrogens (tertiary/aromatic N) is 3. The molecule has 7 aromatic carbocycles. The van der Waals surface area contributed by atoms with E-state index in [0.29, 0.717) is 5.82 Å².